The van der Waals surface area contributed by atoms with Crippen molar-refractivity contribution in [2.75, 3.05) is 24.4 Å². The van der Waals surface area contributed by atoms with Crippen LogP contribution < -0.4 is 20.1 Å². The van der Waals surface area contributed by atoms with Crippen LogP contribution in [0.2, 0.25) is 5.02 Å². The van der Waals surface area contributed by atoms with E-state index in [2.05, 4.69) is 10.6 Å². The smallest absolute Gasteiger partial charge is 0.262 e. The molecule has 7 heteroatoms. The summed E-state index contributed by atoms with van der Waals surface area (Å²) in [5.41, 5.74) is 0.961. The molecule has 2 aromatic carbocycles. The van der Waals surface area contributed by atoms with E-state index in [0.717, 1.165) is 6.42 Å². The van der Waals surface area contributed by atoms with E-state index >= 15 is 0 Å². The number of para-hydroxylation sites is 2. The Morgan fingerprint density at radius 2 is 1.77 bits per heavy atom. The number of halogens is 1. The van der Waals surface area contributed by atoms with Gasteiger partial charge in [0.15, 0.2) is 18.1 Å². The molecule has 0 bridgehead atoms. The molecule has 0 heterocycles. The van der Waals surface area contributed by atoms with Crippen molar-refractivity contribution in [1.29, 1.82) is 0 Å². The summed E-state index contributed by atoms with van der Waals surface area (Å²) >= 11 is 6.11. The summed E-state index contributed by atoms with van der Waals surface area (Å²) in [5.74, 6) is 0.539. The van der Waals surface area contributed by atoms with Crippen molar-refractivity contribution in [3.8, 4) is 11.5 Å². The minimum Gasteiger partial charge on any atom is -0.493 e. The second kappa shape index (κ2) is 9.68. The van der Waals surface area contributed by atoms with Gasteiger partial charge in [0.2, 0.25) is 5.91 Å². The maximum absolute atomic E-state index is 12.2. The molecule has 0 atom stereocenters. The molecule has 0 spiro atoms. The summed E-state index contributed by atoms with van der Waals surface area (Å²) in [6.07, 6.45) is 1.18. The molecule has 0 fully saturated rings. The highest BCUT2D eigenvalue weighted by molar-refractivity contribution is 6.33. The van der Waals surface area contributed by atoms with Gasteiger partial charge in [-0.25, -0.2) is 0 Å². The van der Waals surface area contributed by atoms with Crippen LogP contribution >= 0.6 is 11.6 Å². The van der Waals surface area contributed by atoms with E-state index in [0.29, 0.717) is 34.3 Å². The molecule has 0 aliphatic heterocycles. The van der Waals surface area contributed by atoms with Gasteiger partial charge in [-0.15, -0.1) is 0 Å². The molecule has 2 aromatic rings. The van der Waals surface area contributed by atoms with Crippen LogP contribution in [0.4, 0.5) is 11.4 Å². The topological polar surface area (TPSA) is 76.7 Å². The molecule has 2 rings (SSSR count). The van der Waals surface area contributed by atoms with Gasteiger partial charge in [0.25, 0.3) is 5.91 Å². The van der Waals surface area contributed by atoms with E-state index < -0.39 is 0 Å². The Kier molecular flexibility index (Phi) is 7.29. The number of amides is 2. The van der Waals surface area contributed by atoms with Gasteiger partial charge in [-0.05, 0) is 36.8 Å². The SMILES string of the molecule is CCCC(=O)Nc1ccc(Cl)c(NC(=O)COc2ccccc2OC)c1. The third-order valence-corrected chi connectivity index (χ3v) is 3.76. The van der Waals surface area contributed by atoms with Gasteiger partial charge in [0, 0.05) is 12.1 Å². The summed E-state index contributed by atoms with van der Waals surface area (Å²) in [7, 11) is 1.53. The highest BCUT2D eigenvalue weighted by Crippen LogP contribution is 2.27. The first-order chi connectivity index (χ1) is 12.5. The number of methoxy groups -OCH3 is 1. The lowest BCUT2D eigenvalue weighted by Gasteiger charge is -2.12. The van der Waals surface area contributed by atoms with Gasteiger partial charge in [-0.1, -0.05) is 30.7 Å². The fourth-order valence-electron chi connectivity index (χ4n) is 2.22. The number of hydrogen-bond acceptors (Lipinski definition) is 4. The summed E-state index contributed by atoms with van der Waals surface area (Å²) < 4.78 is 10.6. The molecule has 6 nitrogen and oxygen atoms in total. The monoisotopic (exact) mass is 376 g/mol. The molecule has 2 N–H and O–H groups in total. The maximum atomic E-state index is 12.2. The van der Waals surface area contributed by atoms with E-state index in [-0.39, 0.29) is 18.4 Å². The van der Waals surface area contributed by atoms with Gasteiger partial charge in [-0.2, -0.15) is 0 Å². The third-order valence-electron chi connectivity index (χ3n) is 3.43. The summed E-state index contributed by atoms with van der Waals surface area (Å²) in [6, 6.07) is 11.9. The summed E-state index contributed by atoms with van der Waals surface area (Å²) in [4.78, 5) is 23.8. The molecule has 0 aliphatic rings. The summed E-state index contributed by atoms with van der Waals surface area (Å²) in [6.45, 7) is 1.72. The van der Waals surface area contributed by atoms with Gasteiger partial charge in [0.1, 0.15) is 0 Å². The van der Waals surface area contributed by atoms with Crippen LogP contribution in [0, 0.1) is 0 Å². The van der Waals surface area contributed by atoms with E-state index in [1.165, 1.54) is 7.11 Å². The zero-order valence-corrected chi connectivity index (χ0v) is 15.4. The Labute approximate surface area is 157 Å². The number of carbonyl (C=O) groups excluding carboxylic acids is 2. The number of hydrogen-bond donors (Lipinski definition) is 2. The first kappa shape index (κ1) is 19.6. The first-order valence-electron chi connectivity index (χ1n) is 8.18. The average molecular weight is 377 g/mol. The zero-order valence-electron chi connectivity index (χ0n) is 14.7. The number of nitrogens with one attached hydrogen (secondary N) is 2. The van der Waals surface area contributed by atoms with Crippen LogP contribution in [-0.2, 0) is 9.59 Å². The fraction of sp³-hybridized carbons (Fsp3) is 0.263. The normalized spacial score (nSPS) is 10.1. The van der Waals surface area contributed by atoms with Gasteiger partial charge in [-0.3, -0.25) is 9.59 Å². The molecule has 0 unspecified atom stereocenters. The second-order valence-electron chi connectivity index (χ2n) is 5.48. The average Bonchev–Trinajstić information content (AvgIpc) is 2.63. The van der Waals surface area contributed by atoms with Gasteiger partial charge >= 0.3 is 0 Å². The van der Waals surface area contributed by atoms with Crippen LogP contribution in [-0.4, -0.2) is 25.5 Å². The number of carbonyl (C=O) groups is 2. The Hall–Kier alpha value is -2.73. The van der Waals surface area contributed by atoms with Crippen LogP contribution in [0.5, 0.6) is 11.5 Å². The largest absolute Gasteiger partial charge is 0.493 e. The standard InChI is InChI=1S/C19H21ClN2O4/c1-3-6-18(23)21-13-9-10-14(20)15(11-13)22-19(24)12-26-17-8-5-4-7-16(17)25-2/h4-5,7-11H,3,6,12H2,1-2H3,(H,21,23)(H,22,24). The van der Waals surface area contributed by atoms with E-state index in [9.17, 15) is 9.59 Å². The van der Waals surface area contributed by atoms with E-state index in [1.807, 2.05) is 13.0 Å². The fourth-order valence-corrected chi connectivity index (χ4v) is 2.38. The number of benzene rings is 2. The molecular formula is C19H21ClN2O4. The number of ether oxygens (including phenoxy) is 2. The third kappa shape index (κ3) is 5.67. The molecule has 26 heavy (non-hydrogen) atoms. The lowest BCUT2D eigenvalue weighted by atomic mass is 10.2. The molecule has 0 aliphatic carbocycles. The Balaban J connectivity index is 1.98. The van der Waals surface area contributed by atoms with Crippen molar-refractivity contribution in [2.24, 2.45) is 0 Å². The van der Waals surface area contributed by atoms with Gasteiger partial charge < -0.3 is 20.1 Å². The predicted octanol–water partition coefficient (Wildman–Crippen LogP) is 4.10. The maximum Gasteiger partial charge on any atom is 0.262 e. The lowest BCUT2D eigenvalue weighted by Crippen LogP contribution is -2.20. The number of rotatable bonds is 8. The molecule has 138 valence electrons. The highest BCUT2D eigenvalue weighted by Gasteiger charge is 2.10. The molecule has 0 saturated carbocycles. The Morgan fingerprint density at radius 3 is 2.46 bits per heavy atom. The van der Waals surface area contributed by atoms with Gasteiger partial charge in [0.05, 0.1) is 17.8 Å². The molecule has 0 aromatic heterocycles. The first-order valence-corrected chi connectivity index (χ1v) is 8.56. The van der Waals surface area contributed by atoms with Crippen molar-refractivity contribution in [2.45, 2.75) is 19.8 Å². The quantitative estimate of drug-likeness (QED) is 0.727. The van der Waals surface area contributed by atoms with Crippen LogP contribution in [0.15, 0.2) is 42.5 Å². The van der Waals surface area contributed by atoms with Crippen LogP contribution in [0.1, 0.15) is 19.8 Å². The molecular weight excluding hydrogens is 356 g/mol. The minimum absolute atomic E-state index is 0.0911. The second-order valence-corrected chi connectivity index (χ2v) is 5.89. The molecule has 2 amide bonds. The van der Waals surface area contributed by atoms with Crippen LogP contribution in [0.3, 0.4) is 0 Å². The van der Waals surface area contributed by atoms with Crippen molar-refractivity contribution in [3.05, 3.63) is 47.5 Å². The Bertz CT molecular complexity index is 780. The number of anilines is 2. The van der Waals surface area contributed by atoms with E-state index in [4.69, 9.17) is 21.1 Å². The lowest BCUT2D eigenvalue weighted by molar-refractivity contribution is -0.118. The van der Waals surface area contributed by atoms with Crippen molar-refractivity contribution >= 4 is 34.8 Å². The zero-order chi connectivity index (χ0) is 18.9. The highest BCUT2D eigenvalue weighted by atomic mass is 35.5. The van der Waals surface area contributed by atoms with Crippen molar-refractivity contribution in [3.63, 3.8) is 0 Å². The molecule has 0 saturated heterocycles. The van der Waals surface area contributed by atoms with Crippen LogP contribution in [0.25, 0.3) is 0 Å². The summed E-state index contributed by atoms with van der Waals surface area (Å²) in [5, 5.41) is 5.80. The van der Waals surface area contributed by atoms with Crippen molar-refractivity contribution < 1.29 is 19.1 Å². The molecule has 0 radical (unpaired) electrons. The Morgan fingerprint density at radius 1 is 1.04 bits per heavy atom. The predicted molar refractivity (Wildman–Crippen MR) is 102 cm³/mol. The van der Waals surface area contributed by atoms with E-state index in [1.54, 1.807) is 36.4 Å². The van der Waals surface area contributed by atoms with Crippen molar-refractivity contribution in [1.82, 2.24) is 0 Å². The minimum atomic E-state index is -0.380.